The smallest absolute Gasteiger partial charge is 0.0561 e. The van der Waals surface area contributed by atoms with E-state index >= 15 is 0 Å². The first-order valence-electron chi connectivity index (χ1n) is 18.4. The highest BCUT2D eigenvalue weighted by Crippen LogP contribution is 2.40. The molecule has 3 aromatic heterocycles. The van der Waals surface area contributed by atoms with Gasteiger partial charge in [-0.05, 0) is 116 Å². The maximum absolute atomic E-state index is 2.44. The second-order valence-electron chi connectivity index (χ2n) is 14.4. The monoisotopic (exact) mass is 677 g/mol. The van der Waals surface area contributed by atoms with Crippen LogP contribution >= 0.6 is 0 Å². The lowest BCUT2D eigenvalue weighted by Gasteiger charge is -2.11. The molecule has 0 atom stereocenters. The predicted molar refractivity (Wildman–Crippen MR) is 224 cm³/mol. The number of nitrogens with zero attached hydrogens (tertiary/aromatic N) is 3. The molecule has 0 radical (unpaired) electrons. The molecule has 11 aromatic rings. The van der Waals surface area contributed by atoms with Gasteiger partial charge in [0.05, 0.1) is 33.1 Å². The van der Waals surface area contributed by atoms with E-state index in [1.165, 1.54) is 93.4 Å². The molecule has 0 saturated carbocycles. The molecule has 3 heterocycles. The maximum atomic E-state index is 2.44. The number of aryl methyl sites for hydroxylation is 2. The zero-order valence-electron chi connectivity index (χ0n) is 29.6. The Labute approximate surface area is 307 Å². The standard InChI is InChI=1S/C50H35N3/c1-32-17-23-46-41(27-32)43-29-34(19-25-48(43)51(46)36-11-5-3-6-12-36)35-20-26-49-44(30-35)42-28-33(2)18-24-47(42)53(49)38-21-22-40-39-15-9-10-16-45(39)52(50(40)31-38)37-13-7-4-8-14-37/h3-31H,1-2H3. The summed E-state index contributed by atoms with van der Waals surface area (Å²) in [5.74, 6) is 0. The quantitative estimate of drug-likeness (QED) is 0.176. The predicted octanol–water partition coefficient (Wildman–Crippen LogP) is 13.3. The number of fused-ring (bicyclic) bond motifs is 9. The highest BCUT2D eigenvalue weighted by molar-refractivity contribution is 6.14. The van der Waals surface area contributed by atoms with Crippen LogP contribution in [-0.4, -0.2) is 13.7 Å². The number of aromatic nitrogens is 3. The summed E-state index contributed by atoms with van der Waals surface area (Å²) in [6, 6.07) is 64.7. The fourth-order valence-electron chi connectivity index (χ4n) is 8.72. The second-order valence-corrected chi connectivity index (χ2v) is 14.4. The minimum Gasteiger partial charge on any atom is -0.309 e. The van der Waals surface area contributed by atoms with Crippen molar-refractivity contribution in [2.75, 3.05) is 0 Å². The summed E-state index contributed by atoms with van der Waals surface area (Å²) >= 11 is 0. The Bertz CT molecular complexity index is 3230. The molecular formula is C50H35N3. The number of para-hydroxylation sites is 3. The molecule has 3 nitrogen and oxygen atoms in total. The summed E-state index contributed by atoms with van der Waals surface area (Å²) in [6.07, 6.45) is 0. The summed E-state index contributed by atoms with van der Waals surface area (Å²) < 4.78 is 7.23. The normalized spacial score (nSPS) is 12.0. The third kappa shape index (κ3) is 4.47. The van der Waals surface area contributed by atoms with Crippen LogP contribution in [0.1, 0.15) is 11.1 Å². The molecule has 0 amide bonds. The van der Waals surface area contributed by atoms with Gasteiger partial charge >= 0.3 is 0 Å². The first-order valence-corrected chi connectivity index (χ1v) is 18.4. The number of benzene rings is 8. The lowest BCUT2D eigenvalue weighted by Crippen LogP contribution is -1.97. The first-order chi connectivity index (χ1) is 26.1. The molecule has 0 unspecified atom stereocenters. The van der Waals surface area contributed by atoms with Gasteiger partial charge in [-0.3, -0.25) is 0 Å². The van der Waals surface area contributed by atoms with Gasteiger partial charge in [-0.2, -0.15) is 0 Å². The van der Waals surface area contributed by atoms with E-state index in [-0.39, 0.29) is 0 Å². The lowest BCUT2D eigenvalue weighted by atomic mass is 10.00. The van der Waals surface area contributed by atoms with Gasteiger partial charge in [-0.1, -0.05) is 96.1 Å². The van der Waals surface area contributed by atoms with E-state index in [0.29, 0.717) is 0 Å². The van der Waals surface area contributed by atoms with E-state index in [4.69, 9.17) is 0 Å². The van der Waals surface area contributed by atoms with Crippen LogP contribution in [-0.2, 0) is 0 Å². The van der Waals surface area contributed by atoms with Crippen LogP contribution in [0.2, 0.25) is 0 Å². The molecule has 250 valence electrons. The molecule has 0 spiro atoms. The van der Waals surface area contributed by atoms with E-state index in [1.54, 1.807) is 0 Å². The highest BCUT2D eigenvalue weighted by atomic mass is 15.0. The fraction of sp³-hybridized carbons (Fsp3) is 0.0400. The van der Waals surface area contributed by atoms with E-state index in [0.717, 1.165) is 11.4 Å². The van der Waals surface area contributed by atoms with Crippen molar-refractivity contribution >= 4 is 65.4 Å². The number of hydrogen-bond acceptors (Lipinski definition) is 0. The van der Waals surface area contributed by atoms with E-state index in [1.807, 2.05) is 0 Å². The Balaban J connectivity index is 1.13. The van der Waals surface area contributed by atoms with Gasteiger partial charge in [0.15, 0.2) is 0 Å². The second kappa shape index (κ2) is 11.3. The Morgan fingerprint density at radius 1 is 0.264 bits per heavy atom. The van der Waals surface area contributed by atoms with Gasteiger partial charge in [0.25, 0.3) is 0 Å². The Morgan fingerprint density at radius 2 is 0.679 bits per heavy atom. The molecule has 0 bridgehead atoms. The van der Waals surface area contributed by atoms with E-state index in [2.05, 4.69) is 203 Å². The van der Waals surface area contributed by atoms with E-state index in [9.17, 15) is 0 Å². The lowest BCUT2D eigenvalue weighted by molar-refractivity contribution is 1.15. The summed E-state index contributed by atoms with van der Waals surface area (Å²) in [5.41, 5.74) is 15.7. The molecular weight excluding hydrogens is 643 g/mol. The third-order valence-electron chi connectivity index (χ3n) is 11.1. The van der Waals surface area contributed by atoms with Crippen LogP contribution in [0.3, 0.4) is 0 Å². The fourth-order valence-corrected chi connectivity index (χ4v) is 8.72. The average molecular weight is 678 g/mol. The molecule has 11 rings (SSSR count). The van der Waals surface area contributed by atoms with E-state index < -0.39 is 0 Å². The van der Waals surface area contributed by atoms with Crippen LogP contribution in [0.25, 0.3) is 93.6 Å². The van der Waals surface area contributed by atoms with Crippen LogP contribution in [0.15, 0.2) is 176 Å². The van der Waals surface area contributed by atoms with Crippen molar-refractivity contribution in [3.8, 4) is 28.2 Å². The largest absolute Gasteiger partial charge is 0.309 e. The summed E-state index contributed by atoms with van der Waals surface area (Å²) in [5, 5.41) is 7.59. The van der Waals surface area contributed by atoms with Crippen molar-refractivity contribution in [3.05, 3.63) is 187 Å². The van der Waals surface area contributed by atoms with Crippen molar-refractivity contribution in [2.24, 2.45) is 0 Å². The topological polar surface area (TPSA) is 14.8 Å². The van der Waals surface area contributed by atoms with Gasteiger partial charge in [0.2, 0.25) is 0 Å². The average Bonchev–Trinajstić information content (AvgIpc) is 3.82. The zero-order valence-corrected chi connectivity index (χ0v) is 29.6. The molecule has 53 heavy (non-hydrogen) atoms. The minimum absolute atomic E-state index is 1.15. The van der Waals surface area contributed by atoms with Gasteiger partial charge in [0.1, 0.15) is 0 Å². The minimum atomic E-state index is 1.15. The number of hydrogen-bond donors (Lipinski definition) is 0. The summed E-state index contributed by atoms with van der Waals surface area (Å²) in [7, 11) is 0. The SMILES string of the molecule is Cc1ccc2c(c1)c1cc(-c3ccc4c(c3)c3cc(C)ccc3n4-c3ccc4c5ccccc5n(-c5ccccc5)c4c3)ccc1n2-c1ccccc1. The Kier molecular flexibility index (Phi) is 6.38. The van der Waals surface area contributed by atoms with Crippen molar-refractivity contribution in [1.29, 1.82) is 0 Å². The van der Waals surface area contributed by atoms with Crippen molar-refractivity contribution < 1.29 is 0 Å². The van der Waals surface area contributed by atoms with Crippen LogP contribution in [0.5, 0.6) is 0 Å². The molecule has 0 fully saturated rings. The van der Waals surface area contributed by atoms with Crippen LogP contribution in [0, 0.1) is 13.8 Å². The molecule has 0 aliphatic heterocycles. The van der Waals surface area contributed by atoms with Crippen molar-refractivity contribution in [1.82, 2.24) is 13.7 Å². The summed E-state index contributed by atoms with van der Waals surface area (Å²) in [6.45, 7) is 4.37. The molecule has 0 N–H and O–H groups in total. The molecule has 0 aliphatic rings. The third-order valence-corrected chi connectivity index (χ3v) is 11.1. The van der Waals surface area contributed by atoms with Crippen LogP contribution in [0.4, 0.5) is 0 Å². The van der Waals surface area contributed by atoms with Gasteiger partial charge in [-0.25, -0.2) is 0 Å². The van der Waals surface area contributed by atoms with Crippen LogP contribution < -0.4 is 0 Å². The van der Waals surface area contributed by atoms with Gasteiger partial charge in [0, 0.05) is 49.4 Å². The summed E-state index contributed by atoms with van der Waals surface area (Å²) in [4.78, 5) is 0. The number of rotatable bonds is 4. The Morgan fingerprint density at radius 3 is 1.25 bits per heavy atom. The molecule has 0 aliphatic carbocycles. The zero-order chi connectivity index (χ0) is 35.2. The van der Waals surface area contributed by atoms with Gasteiger partial charge in [-0.15, -0.1) is 0 Å². The van der Waals surface area contributed by atoms with Crippen molar-refractivity contribution in [2.45, 2.75) is 13.8 Å². The Hall–Kier alpha value is -6.84. The maximum Gasteiger partial charge on any atom is 0.0561 e. The van der Waals surface area contributed by atoms with Gasteiger partial charge < -0.3 is 13.7 Å². The first kappa shape index (κ1) is 29.8. The molecule has 8 aromatic carbocycles. The van der Waals surface area contributed by atoms with Crippen molar-refractivity contribution in [3.63, 3.8) is 0 Å². The highest BCUT2D eigenvalue weighted by Gasteiger charge is 2.18. The molecule has 0 saturated heterocycles. The molecule has 3 heteroatoms.